The fourth-order valence-corrected chi connectivity index (χ4v) is 2.76. The molecule has 2 saturated carbocycles. The van der Waals surface area contributed by atoms with Crippen LogP contribution in [0.1, 0.15) is 46.0 Å². The van der Waals surface area contributed by atoms with Crippen LogP contribution >= 0.6 is 12.4 Å². The van der Waals surface area contributed by atoms with E-state index in [1.807, 2.05) is 0 Å². The van der Waals surface area contributed by atoms with E-state index in [1.165, 1.54) is 6.42 Å². The molecule has 0 saturated heterocycles. The summed E-state index contributed by atoms with van der Waals surface area (Å²) in [7, 11) is 0. The van der Waals surface area contributed by atoms with Crippen LogP contribution in [0.25, 0.3) is 0 Å². The minimum atomic E-state index is -0.510. The molecule has 0 bridgehead atoms. The molecule has 4 heteroatoms. The maximum Gasteiger partial charge on any atom is 0.240 e. The van der Waals surface area contributed by atoms with Gasteiger partial charge in [-0.15, -0.1) is 12.4 Å². The van der Waals surface area contributed by atoms with Gasteiger partial charge in [0.05, 0.1) is 5.54 Å². The second-order valence-corrected chi connectivity index (χ2v) is 5.74. The van der Waals surface area contributed by atoms with Gasteiger partial charge in [-0.05, 0) is 43.9 Å². The first-order valence-electron chi connectivity index (χ1n) is 6.09. The highest BCUT2D eigenvalue weighted by atomic mass is 35.5. The fraction of sp³-hybridized carbons (Fsp3) is 0.917. The number of carbonyl (C=O) groups excluding carboxylic acids is 1. The summed E-state index contributed by atoms with van der Waals surface area (Å²) in [6.07, 6.45) is 5.24. The van der Waals surface area contributed by atoms with Crippen LogP contribution in [0.3, 0.4) is 0 Å². The van der Waals surface area contributed by atoms with E-state index in [0.29, 0.717) is 6.04 Å². The molecule has 0 heterocycles. The van der Waals surface area contributed by atoms with Crippen molar-refractivity contribution in [2.24, 2.45) is 17.6 Å². The molecule has 2 unspecified atom stereocenters. The molecule has 0 aliphatic heterocycles. The van der Waals surface area contributed by atoms with Crippen molar-refractivity contribution < 1.29 is 4.79 Å². The van der Waals surface area contributed by atoms with Gasteiger partial charge < -0.3 is 11.1 Å². The third kappa shape index (κ3) is 3.11. The molecule has 2 aliphatic carbocycles. The van der Waals surface area contributed by atoms with Gasteiger partial charge in [0.2, 0.25) is 5.91 Å². The highest BCUT2D eigenvalue weighted by molar-refractivity contribution is 5.89. The Morgan fingerprint density at radius 1 is 1.19 bits per heavy atom. The van der Waals surface area contributed by atoms with Crippen molar-refractivity contribution in [3.8, 4) is 0 Å². The first kappa shape index (κ1) is 13.8. The first-order valence-corrected chi connectivity index (χ1v) is 6.09. The van der Waals surface area contributed by atoms with Crippen LogP contribution < -0.4 is 11.1 Å². The molecule has 2 fully saturated rings. The lowest BCUT2D eigenvalue weighted by Gasteiger charge is -2.32. The minimum absolute atomic E-state index is 0. The SMILES string of the molecule is CC1CC(C)CC(NC(=O)C2(N)CC2)C1.Cl. The number of hydrogen-bond acceptors (Lipinski definition) is 2. The van der Waals surface area contributed by atoms with Crippen molar-refractivity contribution in [2.45, 2.75) is 57.5 Å². The van der Waals surface area contributed by atoms with Crippen molar-refractivity contribution in [1.82, 2.24) is 5.32 Å². The third-order valence-corrected chi connectivity index (χ3v) is 3.75. The molecule has 2 atom stereocenters. The van der Waals surface area contributed by atoms with E-state index in [0.717, 1.165) is 37.5 Å². The predicted octanol–water partition coefficient (Wildman–Crippen LogP) is 1.84. The first-order chi connectivity index (χ1) is 6.99. The molecule has 0 aromatic rings. The number of hydrogen-bond donors (Lipinski definition) is 2. The van der Waals surface area contributed by atoms with Crippen LogP contribution in [0, 0.1) is 11.8 Å². The summed E-state index contributed by atoms with van der Waals surface area (Å²) in [4.78, 5) is 11.8. The quantitative estimate of drug-likeness (QED) is 0.781. The molecular formula is C12H23ClN2O. The number of nitrogens with one attached hydrogen (secondary N) is 1. The number of rotatable bonds is 2. The Hall–Kier alpha value is -0.280. The zero-order valence-corrected chi connectivity index (χ0v) is 11.0. The van der Waals surface area contributed by atoms with Gasteiger partial charge in [-0.3, -0.25) is 4.79 Å². The lowest BCUT2D eigenvalue weighted by Crippen LogP contribution is -2.49. The Bertz CT molecular complexity index is 256. The minimum Gasteiger partial charge on any atom is -0.352 e. The molecule has 0 aromatic heterocycles. The van der Waals surface area contributed by atoms with Gasteiger partial charge in [-0.1, -0.05) is 13.8 Å². The molecule has 2 rings (SSSR count). The van der Waals surface area contributed by atoms with E-state index < -0.39 is 5.54 Å². The highest BCUT2D eigenvalue weighted by Gasteiger charge is 2.46. The monoisotopic (exact) mass is 246 g/mol. The van der Waals surface area contributed by atoms with Gasteiger partial charge >= 0.3 is 0 Å². The largest absolute Gasteiger partial charge is 0.352 e. The highest BCUT2D eigenvalue weighted by Crippen LogP contribution is 2.34. The fourth-order valence-electron chi connectivity index (χ4n) is 2.76. The zero-order valence-electron chi connectivity index (χ0n) is 10.2. The average molecular weight is 247 g/mol. The van der Waals surface area contributed by atoms with Crippen molar-refractivity contribution in [3.05, 3.63) is 0 Å². The molecule has 0 radical (unpaired) electrons. The number of nitrogens with two attached hydrogens (primary N) is 1. The molecule has 94 valence electrons. The van der Waals surface area contributed by atoms with Gasteiger partial charge in [0, 0.05) is 6.04 Å². The van der Waals surface area contributed by atoms with Crippen molar-refractivity contribution >= 4 is 18.3 Å². The Morgan fingerprint density at radius 3 is 2.12 bits per heavy atom. The summed E-state index contributed by atoms with van der Waals surface area (Å²) in [5, 5.41) is 3.12. The van der Waals surface area contributed by atoms with Gasteiger partial charge in [0.1, 0.15) is 0 Å². The van der Waals surface area contributed by atoms with Gasteiger partial charge in [0.15, 0.2) is 0 Å². The Balaban J connectivity index is 0.00000128. The molecule has 3 N–H and O–H groups in total. The molecule has 0 spiro atoms. The van der Waals surface area contributed by atoms with E-state index in [2.05, 4.69) is 19.2 Å². The lowest BCUT2D eigenvalue weighted by molar-refractivity contribution is -0.124. The lowest BCUT2D eigenvalue weighted by atomic mass is 9.80. The van der Waals surface area contributed by atoms with Crippen molar-refractivity contribution in [1.29, 1.82) is 0 Å². The van der Waals surface area contributed by atoms with Crippen LogP contribution in [-0.2, 0) is 4.79 Å². The second-order valence-electron chi connectivity index (χ2n) is 5.74. The van der Waals surface area contributed by atoms with E-state index in [4.69, 9.17) is 5.73 Å². The number of carbonyl (C=O) groups is 1. The molecular weight excluding hydrogens is 224 g/mol. The topological polar surface area (TPSA) is 55.1 Å². The Kier molecular flexibility index (Phi) is 4.24. The normalized spacial score (nSPS) is 36.1. The van der Waals surface area contributed by atoms with Crippen LogP contribution in [-0.4, -0.2) is 17.5 Å². The van der Waals surface area contributed by atoms with Crippen LogP contribution in [0.15, 0.2) is 0 Å². The maximum atomic E-state index is 11.8. The summed E-state index contributed by atoms with van der Waals surface area (Å²) in [5.41, 5.74) is 5.35. The van der Waals surface area contributed by atoms with Gasteiger partial charge in [-0.25, -0.2) is 0 Å². The Labute approximate surface area is 104 Å². The van der Waals surface area contributed by atoms with Crippen molar-refractivity contribution in [3.63, 3.8) is 0 Å². The van der Waals surface area contributed by atoms with Gasteiger partial charge in [0.25, 0.3) is 0 Å². The molecule has 16 heavy (non-hydrogen) atoms. The molecule has 2 aliphatic rings. The van der Waals surface area contributed by atoms with E-state index >= 15 is 0 Å². The average Bonchev–Trinajstić information content (AvgIpc) is 2.83. The van der Waals surface area contributed by atoms with Crippen LogP contribution in [0.5, 0.6) is 0 Å². The zero-order chi connectivity index (χ0) is 11.1. The van der Waals surface area contributed by atoms with Gasteiger partial charge in [-0.2, -0.15) is 0 Å². The Morgan fingerprint density at radius 2 is 1.69 bits per heavy atom. The summed E-state index contributed by atoms with van der Waals surface area (Å²) in [5.74, 6) is 1.53. The van der Waals surface area contributed by atoms with Crippen LogP contribution in [0.2, 0.25) is 0 Å². The van der Waals surface area contributed by atoms with E-state index in [1.54, 1.807) is 0 Å². The molecule has 3 nitrogen and oxygen atoms in total. The smallest absolute Gasteiger partial charge is 0.240 e. The number of halogens is 1. The van der Waals surface area contributed by atoms with Crippen molar-refractivity contribution in [2.75, 3.05) is 0 Å². The summed E-state index contributed by atoms with van der Waals surface area (Å²) in [6, 6.07) is 0.359. The molecule has 0 aromatic carbocycles. The number of amides is 1. The van der Waals surface area contributed by atoms with E-state index in [-0.39, 0.29) is 18.3 Å². The van der Waals surface area contributed by atoms with Crippen LogP contribution in [0.4, 0.5) is 0 Å². The second kappa shape index (κ2) is 4.92. The van der Waals surface area contributed by atoms with E-state index in [9.17, 15) is 4.79 Å². The summed E-state index contributed by atoms with van der Waals surface area (Å²) in [6.45, 7) is 4.54. The molecule has 1 amide bonds. The standard InChI is InChI=1S/C12H22N2O.ClH/c1-8-5-9(2)7-10(6-8)14-11(15)12(13)3-4-12;/h8-10H,3-7,13H2,1-2H3,(H,14,15);1H. The summed E-state index contributed by atoms with van der Waals surface area (Å²) >= 11 is 0. The third-order valence-electron chi connectivity index (χ3n) is 3.75. The summed E-state index contributed by atoms with van der Waals surface area (Å²) < 4.78 is 0. The maximum absolute atomic E-state index is 11.8. The predicted molar refractivity (Wildman–Crippen MR) is 67.5 cm³/mol.